The number of aromatic nitrogens is 2. The molecule has 2 amide bonds. The van der Waals surface area contributed by atoms with Gasteiger partial charge < -0.3 is 10.1 Å². The molecule has 0 saturated heterocycles. The Kier molecular flexibility index (Phi) is 12.5. The average molecular weight is 594 g/mol. The van der Waals surface area contributed by atoms with Crippen molar-refractivity contribution >= 4 is 46.0 Å². The lowest BCUT2D eigenvalue weighted by atomic mass is 10.1. The maximum absolute atomic E-state index is 13.2. The lowest BCUT2D eigenvalue weighted by molar-refractivity contribution is -0.144. The summed E-state index contributed by atoms with van der Waals surface area (Å²) in [5.41, 5.74) is 4.99. The molecule has 8 nitrogen and oxygen atoms in total. The Morgan fingerprint density at radius 3 is 2.24 bits per heavy atom. The normalized spacial score (nSPS) is 11.3. The first-order valence-corrected chi connectivity index (χ1v) is 14.2. The summed E-state index contributed by atoms with van der Waals surface area (Å²) in [7, 11) is 0. The Morgan fingerprint density at radius 1 is 0.902 bits per heavy atom. The number of para-hydroxylation sites is 1. The quantitative estimate of drug-likeness (QED) is 0.0926. The van der Waals surface area contributed by atoms with Gasteiger partial charge in [0, 0.05) is 5.39 Å². The maximum Gasteiger partial charge on any atom is 0.451 e. The van der Waals surface area contributed by atoms with E-state index in [-0.39, 0.29) is 39.6 Å². The van der Waals surface area contributed by atoms with Gasteiger partial charge in [-0.25, -0.2) is 19.6 Å². The predicted octanol–water partition coefficient (Wildman–Crippen LogP) is 8.53. The fourth-order valence-corrected chi connectivity index (χ4v) is 4.32. The minimum Gasteiger partial charge on any atom is -0.462 e. The van der Waals surface area contributed by atoms with Gasteiger partial charge in [-0.15, -0.1) is 0 Å². The first-order chi connectivity index (χ1) is 19.7. The molecule has 1 aromatic heterocycles. The number of nitrogens with zero attached hydrogens (tertiary/aromatic N) is 2. The van der Waals surface area contributed by atoms with Crippen molar-refractivity contribution in [2.45, 2.75) is 77.3 Å². The number of amides is 2. The number of benzene rings is 2. The fraction of sp³-hybridized carbons (Fsp3) is 0.448. The van der Waals surface area contributed by atoms with Gasteiger partial charge >= 0.3 is 18.2 Å². The topological polar surface area (TPSA) is 105 Å². The summed E-state index contributed by atoms with van der Waals surface area (Å²) in [6.07, 6.45) is 6.91. The zero-order valence-electron chi connectivity index (χ0n) is 23.0. The molecule has 0 aliphatic heterocycles. The molecule has 0 unspecified atom stereocenters. The molecule has 0 fully saturated rings. The molecule has 0 radical (unpaired) electrons. The number of halogens is 4. The van der Waals surface area contributed by atoms with E-state index in [1.165, 1.54) is 81.3 Å². The van der Waals surface area contributed by atoms with Gasteiger partial charge in [0.2, 0.25) is 5.82 Å². The van der Waals surface area contributed by atoms with E-state index in [0.29, 0.717) is 0 Å². The summed E-state index contributed by atoms with van der Waals surface area (Å²) in [6, 6.07) is 9.49. The van der Waals surface area contributed by atoms with Crippen molar-refractivity contribution in [3.63, 3.8) is 0 Å². The van der Waals surface area contributed by atoms with Crippen molar-refractivity contribution in [3.8, 4) is 0 Å². The third-order valence-electron chi connectivity index (χ3n) is 6.33. The van der Waals surface area contributed by atoms with Crippen molar-refractivity contribution in [2.75, 3.05) is 17.3 Å². The Morgan fingerprint density at radius 2 is 1.56 bits per heavy atom. The number of anilines is 2. The van der Waals surface area contributed by atoms with Gasteiger partial charge in [0.15, 0.2) is 5.82 Å². The number of hydrogen-bond acceptors (Lipinski definition) is 6. The van der Waals surface area contributed by atoms with Gasteiger partial charge in [-0.1, -0.05) is 88.4 Å². The van der Waals surface area contributed by atoms with Crippen LogP contribution in [-0.2, 0) is 10.9 Å². The molecule has 0 aliphatic carbocycles. The summed E-state index contributed by atoms with van der Waals surface area (Å²) in [5.74, 6) is -2.15. The van der Waals surface area contributed by atoms with Crippen LogP contribution in [0.25, 0.3) is 10.9 Å². The van der Waals surface area contributed by atoms with Crippen LogP contribution in [0.4, 0.5) is 29.5 Å². The van der Waals surface area contributed by atoms with Crippen LogP contribution in [0.3, 0.4) is 0 Å². The van der Waals surface area contributed by atoms with E-state index in [1.807, 2.05) is 0 Å². The molecule has 41 heavy (non-hydrogen) atoms. The van der Waals surface area contributed by atoms with Crippen LogP contribution in [0.5, 0.6) is 0 Å². The highest BCUT2D eigenvalue weighted by Gasteiger charge is 2.35. The van der Waals surface area contributed by atoms with E-state index in [4.69, 9.17) is 16.3 Å². The number of unbranched alkanes of at least 4 members (excludes halogenated alkanes) is 9. The van der Waals surface area contributed by atoms with Gasteiger partial charge in [-0.2, -0.15) is 13.2 Å². The molecule has 0 spiro atoms. The number of carbonyl (C=O) groups excluding carboxylic acids is 2. The number of nitrogens with one attached hydrogen (secondary N) is 3. The summed E-state index contributed by atoms with van der Waals surface area (Å²) in [4.78, 5) is 32.0. The summed E-state index contributed by atoms with van der Waals surface area (Å²) in [6.45, 7) is 2.50. The molecule has 0 bridgehead atoms. The largest absolute Gasteiger partial charge is 0.462 e. The monoisotopic (exact) mass is 593 g/mol. The summed E-state index contributed by atoms with van der Waals surface area (Å²) >= 11 is 6.17. The van der Waals surface area contributed by atoms with E-state index < -0.39 is 24.0 Å². The minimum atomic E-state index is -4.78. The van der Waals surface area contributed by atoms with Crippen molar-refractivity contribution in [1.82, 2.24) is 15.4 Å². The number of fused-ring (bicyclic) bond motifs is 1. The summed E-state index contributed by atoms with van der Waals surface area (Å²) in [5, 5.41) is 2.88. The second-order valence-corrected chi connectivity index (χ2v) is 10.0. The van der Waals surface area contributed by atoms with Crippen LogP contribution in [0.1, 0.15) is 87.3 Å². The van der Waals surface area contributed by atoms with Crippen molar-refractivity contribution in [2.24, 2.45) is 0 Å². The Balaban J connectivity index is 1.47. The standard InChI is InChI=1S/C29H35ClF3N5O3/c1-2-3-4-5-6-7-8-9-10-13-18-41-26(39)20-16-17-22(30)24(19-20)35-28(40)38-37-25-21-14-11-12-15-23(21)34-27(36-25)29(31,32)33/h11-12,14-17,19H,2-10,13,18H2,1H3,(H,34,36,37)(H2,35,38,40). The number of alkyl halides is 3. The lowest BCUT2D eigenvalue weighted by Gasteiger charge is -2.14. The molecule has 222 valence electrons. The highest BCUT2D eigenvalue weighted by atomic mass is 35.5. The Labute approximate surface area is 242 Å². The van der Waals surface area contributed by atoms with E-state index >= 15 is 0 Å². The molecule has 1 heterocycles. The van der Waals surface area contributed by atoms with Crippen LogP contribution in [-0.4, -0.2) is 28.6 Å². The van der Waals surface area contributed by atoms with Crippen LogP contribution < -0.4 is 16.2 Å². The Bertz CT molecular complexity index is 1310. The third-order valence-corrected chi connectivity index (χ3v) is 6.66. The van der Waals surface area contributed by atoms with E-state index in [0.717, 1.165) is 19.3 Å². The molecule has 12 heteroatoms. The molecule has 3 rings (SSSR count). The molecule has 0 atom stereocenters. The van der Waals surface area contributed by atoms with Crippen LogP contribution in [0, 0.1) is 0 Å². The van der Waals surface area contributed by atoms with Gasteiger partial charge in [0.25, 0.3) is 0 Å². The van der Waals surface area contributed by atoms with Crippen LogP contribution in [0.2, 0.25) is 5.02 Å². The maximum atomic E-state index is 13.2. The number of hydrogen-bond donors (Lipinski definition) is 3. The number of hydrazine groups is 1. The zero-order valence-corrected chi connectivity index (χ0v) is 23.7. The average Bonchev–Trinajstić information content (AvgIpc) is 2.95. The number of urea groups is 1. The second-order valence-electron chi connectivity index (χ2n) is 9.63. The third kappa shape index (κ3) is 10.4. The molecule has 3 N–H and O–H groups in total. The number of ether oxygens (including phenoxy) is 1. The van der Waals surface area contributed by atoms with Gasteiger partial charge in [-0.3, -0.25) is 10.9 Å². The zero-order chi connectivity index (χ0) is 29.7. The number of esters is 1. The fourth-order valence-electron chi connectivity index (χ4n) is 4.15. The van der Waals surface area contributed by atoms with Crippen molar-refractivity contribution in [3.05, 3.63) is 58.9 Å². The SMILES string of the molecule is CCCCCCCCCCCCOC(=O)c1ccc(Cl)c(NC(=O)NNc2nc(C(F)(F)F)nc3ccccc23)c1. The second kappa shape index (κ2) is 16.0. The number of rotatable bonds is 15. The molecule has 0 aliphatic rings. The molecule has 0 saturated carbocycles. The Hall–Kier alpha value is -3.60. The lowest BCUT2D eigenvalue weighted by Crippen LogP contribution is -2.34. The first-order valence-electron chi connectivity index (χ1n) is 13.8. The summed E-state index contributed by atoms with van der Waals surface area (Å²) < 4.78 is 45.0. The smallest absolute Gasteiger partial charge is 0.451 e. The van der Waals surface area contributed by atoms with E-state index in [1.54, 1.807) is 6.07 Å². The van der Waals surface area contributed by atoms with Gasteiger partial charge in [0.05, 0.1) is 28.4 Å². The number of carbonyl (C=O) groups is 2. The molecule has 3 aromatic rings. The van der Waals surface area contributed by atoms with Crippen LogP contribution >= 0.6 is 11.6 Å². The van der Waals surface area contributed by atoms with Crippen molar-refractivity contribution < 1.29 is 27.5 Å². The van der Waals surface area contributed by atoms with Gasteiger partial charge in [-0.05, 0) is 36.8 Å². The first kappa shape index (κ1) is 31.9. The van der Waals surface area contributed by atoms with Crippen molar-refractivity contribution in [1.29, 1.82) is 0 Å². The van der Waals surface area contributed by atoms with Gasteiger partial charge in [0.1, 0.15) is 0 Å². The molecular formula is C29H35ClF3N5O3. The predicted molar refractivity (Wildman–Crippen MR) is 154 cm³/mol. The highest BCUT2D eigenvalue weighted by Crippen LogP contribution is 2.30. The van der Waals surface area contributed by atoms with Crippen LogP contribution in [0.15, 0.2) is 42.5 Å². The molecular weight excluding hydrogens is 559 g/mol. The van der Waals surface area contributed by atoms with E-state index in [9.17, 15) is 22.8 Å². The van der Waals surface area contributed by atoms with E-state index in [2.05, 4.69) is 33.1 Å². The molecule has 2 aromatic carbocycles. The minimum absolute atomic E-state index is 0.0478. The highest BCUT2D eigenvalue weighted by molar-refractivity contribution is 6.33.